The molecule has 1 aliphatic rings. The van der Waals surface area contributed by atoms with E-state index in [9.17, 15) is 0 Å². The number of nitrogens with one attached hydrogen (secondary N) is 1. The molecule has 1 aromatic heterocycles. The van der Waals surface area contributed by atoms with Crippen LogP contribution in [0.2, 0.25) is 0 Å². The van der Waals surface area contributed by atoms with E-state index in [-0.39, 0.29) is 0 Å². The minimum atomic E-state index is 0.386. The average Bonchev–Trinajstić information content (AvgIpc) is 2.90. The van der Waals surface area contributed by atoms with E-state index in [1.165, 1.54) is 31.2 Å². The SMILES string of the molecule is CCCNC(CC1CCCCC1N)c1ccoc1. The molecular formula is C15H26N2O. The van der Waals surface area contributed by atoms with Gasteiger partial charge in [-0.25, -0.2) is 0 Å². The van der Waals surface area contributed by atoms with Crippen molar-refractivity contribution in [3.05, 3.63) is 24.2 Å². The predicted octanol–water partition coefficient (Wildman–Crippen LogP) is 3.23. The number of furan rings is 1. The second kappa shape index (κ2) is 6.95. The summed E-state index contributed by atoms with van der Waals surface area (Å²) in [6, 6.07) is 2.86. The Morgan fingerprint density at radius 1 is 1.44 bits per heavy atom. The van der Waals surface area contributed by atoms with Crippen LogP contribution in [0.4, 0.5) is 0 Å². The quantitative estimate of drug-likeness (QED) is 0.815. The third-order valence-corrected chi connectivity index (χ3v) is 4.09. The summed E-state index contributed by atoms with van der Waals surface area (Å²) in [5, 5.41) is 3.62. The largest absolute Gasteiger partial charge is 0.472 e. The fraction of sp³-hybridized carbons (Fsp3) is 0.733. The molecule has 0 bridgehead atoms. The van der Waals surface area contributed by atoms with Crippen LogP contribution in [-0.2, 0) is 0 Å². The van der Waals surface area contributed by atoms with E-state index < -0.39 is 0 Å². The molecule has 0 radical (unpaired) electrons. The van der Waals surface area contributed by atoms with Gasteiger partial charge in [-0.1, -0.05) is 19.8 Å². The van der Waals surface area contributed by atoms with Crippen molar-refractivity contribution in [3.8, 4) is 0 Å². The number of hydrogen-bond donors (Lipinski definition) is 2. The Kier molecular flexibility index (Phi) is 5.26. The zero-order valence-corrected chi connectivity index (χ0v) is 11.4. The van der Waals surface area contributed by atoms with Gasteiger partial charge in [0.25, 0.3) is 0 Å². The lowest BCUT2D eigenvalue weighted by atomic mass is 9.80. The summed E-state index contributed by atoms with van der Waals surface area (Å²) in [6.07, 6.45) is 11.0. The summed E-state index contributed by atoms with van der Waals surface area (Å²) in [5.41, 5.74) is 7.52. The summed E-state index contributed by atoms with van der Waals surface area (Å²) >= 11 is 0. The van der Waals surface area contributed by atoms with Gasteiger partial charge in [-0.2, -0.15) is 0 Å². The second-order valence-electron chi connectivity index (χ2n) is 5.51. The van der Waals surface area contributed by atoms with Crippen LogP contribution >= 0.6 is 0 Å². The number of rotatable bonds is 6. The fourth-order valence-corrected chi connectivity index (χ4v) is 2.96. The molecular weight excluding hydrogens is 224 g/mol. The van der Waals surface area contributed by atoms with Gasteiger partial charge < -0.3 is 15.5 Å². The highest BCUT2D eigenvalue weighted by Crippen LogP contribution is 2.31. The van der Waals surface area contributed by atoms with Crippen molar-refractivity contribution < 1.29 is 4.42 Å². The maximum absolute atomic E-state index is 6.26. The topological polar surface area (TPSA) is 51.2 Å². The Morgan fingerprint density at radius 3 is 2.94 bits per heavy atom. The molecule has 1 aromatic rings. The van der Waals surface area contributed by atoms with Crippen LogP contribution in [0.1, 0.15) is 57.1 Å². The number of nitrogens with two attached hydrogens (primary N) is 1. The van der Waals surface area contributed by atoms with E-state index in [2.05, 4.69) is 18.3 Å². The lowest BCUT2D eigenvalue weighted by Gasteiger charge is -2.31. The lowest BCUT2D eigenvalue weighted by molar-refractivity contribution is 0.262. The van der Waals surface area contributed by atoms with Gasteiger partial charge in [0.15, 0.2) is 0 Å². The maximum Gasteiger partial charge on any atom is 0.0950 e. The summed E-state index contributed by atoms with van der Waals surface area (Å²) in [4.78, 5) is 0. The molecule has 102 valence electrons. The van der Waals surface area contributed by atoms with Crippen molar-refractivity contribution in [1.29, 1.82) is 0 Å². The van der Waals surface area contributed by atoms with Gasteiger partial charge in [-0.05, 0) is 44.2 Å². The lowest BCUT2D eigenvalue weighted by Crippen LogP contribution is -2.36. The molecule has 3 N–H and O–H groups in total. The maximum atomic E-state index is 6.26. The summed E-state index contributed by atoms with van der Waals surface area (Å²) in [7, 11) is 0. The van der Waals surface area contributed by atoms with Crippen LogP contribution in [-0.4, -0.2) is 12.6 Å². The molecule has 3 nitrogen and oxygen atoms in total. The molecule has 0 spiro atoms. The number of hydrogen-bond acceptors (Lipinski definition) is 3. The molecule has 1 fully saturated rings. The molecule has 0 aliphatic heterocycles. The molecule has 3 unspecified atom stereocenters. The van der Waals surface area contributed by atoms with Gasteiger partial charge in [-0.3, -0.25) is 0 Å². The fourth-order valence-electron chi connectivity index (χ4n) is 2.96. The smallest absolute Gasteiger partial charge is 0.0950 e. The zero-order chi connectivity index (χ0) is 12.8. The molecule has 3 heteroatoms. The highest BCUT2D eigenvalue weighted by atomic mass is 16.3. The van der Waals surface area contributed by atoms with Crippen LogP contribution in [0, 0.1) is 5.92 Å². The van der Waals surface area contributed by atoms with Crippen LogP contribution in [0.15, 0.2) is 23.0 Å². The van der Waals surface area contributed by atoms with E-state index in [0.29, 0.717) is 18.0 Å². The Labute approximate surface area is 110 Å². The Bertz CT molecular complexity index is 323. The normalized spacial score (nSPS) is 26.1. The molecule has 0 amide bonds. The van der Waals surface area contributed by atoms with Crippen LogP contribution in [0.3, 0.4) is 0 Å². The average molecular weight is 250 g/mol. The molecule has 3 atom stereocenters. The van der Waals surface area contributed by atoms with Crippen molar-refractivity contribution >= 4 is 0 Å². The highest BCUT2D eigenvalue weighted by Gasteiger charge is 2.25. The first-order chi connectivity index (χ1) is 8.81. The van der Waals surface area contributed by atoms with Gasteiger partial charge in [-0.15, -0.1) is 0 Å². The van der Waals surface area contributed by atoms with E-state index in [4.69, 9.17) is 10.2 Å². The third kappa shape index (κ3) is 3.59. The Hall–Kier alpha value is -0.800. The molecule has 0 aromatic carbocycles. The molecule has 1 heterocycles. The van der Waals surface area contributed by atoms with Crippen molar-refractivity contribution in [1.82, 2.24) is 5.32 Å². The van der Waals surface area contributed by atoms with Crippen LogP contribution in [0.25, 0.3) is 0 Å². The zero-order valence-electron chi connectivity index (χ0n) is 11.4. The molecule has 1 saturated carbocycles. The first-order valence-electron chi connectivity index (χ1n) is 7.32. The molecule has 2 rings (SSSR count). The third-order valence-electron chi connectivity index (χ3n) is 4.09. The van der Waals surface area contributed by atoms with E-state index in [0.717, 1.165) is 19.4 Å². The summed E-state index contributed by atoms with van der Waals surface area (Å²) < 4.78 is 5.22. The van der Waals surface area contributed by atoms with Gasteiger partial charge in [0.1, 0.15) is 0 Å². The minimum Gasteiger partial charge on any atom is -0.472 e. The predicted molar refractivity (Wildman–Crippen MR) is 74.3 cm³/mol. The van der Waals surface area contributed by atoms with Gasteiger partial charge in [0.05, 0.1) is 12.5 Å². The van der Waals surface area contributed by atoms with E-state index in [1.807, 2.05) is 6.26 Å². The van der Waals surface area contributed by atoms with Gasteiger partial charge >= 0.3 is 0 Å². The molecule has 0 saturated heterocycles. The summed E-state index contributed by atoms with van der Waals surface area (Å²) in [6.45, 7) is 3.25. The van der Waals surface area contributed by atoms with E-state index in [1.54, 1.807) is 6.26 Å². The standard InChI is InChI=1S/C15H26N2O/c1-2-8-17-15(13-7-9-18-11-13)10-12-5-3-4-6-14(12)16/h7,9,11-12,14-15,17H,2-6,8,10,16H2,1H3. The van der Waals surface area contributed by atoms with Crippen molar-refractivity contribution in [3.63, 3.8) is 0 Å². The minimum absolute atomic E-state index is 0.386. The monoisotopic (exact) mass is 250 g/mol. The highest BCUT2D eigenvalue weighted by molar-refractivity contribution is 5.12. The molecule has 1 aliphatic carbocycles. The summed E-state index contributed by atoms with van der Waals surface area (Å²) in [5.74, 6) is 0.656. The van der Waals surface area contributed by atoms with Crippen LogP contribution in [0.5, 0.6) is 0 Å². The Morgan fingerprint density at radius 2 is 2.28 bits per heavy atom. The van der Waals surface area contributed by atoms with Crippen LogP contribution < -0.4 is 11.1 Å². The van der Waals surface area contributed by atoms with Gasteiger partial charge in [0.2, 0.25) is 0 Å². The van der Waals surface area contributed by atoms with Gasteiger partial charge in [0, 0.05) is 17.6 Å². The van der Waals surface area contributed by atoms with Crippen molar-refractivity contribution in [2.75, 3.05) is 6.54 Å². The first-order valence-corrected chi connectivity index (χ1v) is 7.32. The molecule has 18 heavy (non-hydrogen) atoms. The van der Waals surface area contributed by atoms with Crippen molar-refractivity contribution in [2.45, 2.75) is 57.5 Å². The first kappa shape index (κ1) is 13.6. The Balaban J connectivity index is 1.95. The second-order valence-corrected chi connectivity index (χ2v) is 5.51. The van der Waals surface area contributed by atoms with E-state index >= 15 is 0 Å². The van der Waals surface area contributed by atoms with Crippen molar-refractivity contribution in [2.24, 2.45) is 11.7 Å².